The molecule has 4 aromatic rings. The van der Waals surface area contributed by atoms with Crippen molar-refractivity contribution in [2.24, 2.45) is 0 Å². The van der Waals surface area contributed by atoms with E-state index in [1.807, 2.05) is 12.4 Å². The van der Waals surface area contributed by atoms with Gasteiger partial charge in [0.05, 0.1) is 0 Å². The number of rotatable bonds is 4. The predicted molar refractivity (Wildman–Crippen MR) is 88.6 cm³/mol. The molecule has 0 unspecified atom stereocenters. The Morgan fingerprint density at radius 2 is 1.14 bits per heavy atom. The van der Waals surface area contributed by atoms with Crippen molar-refractivity contribution in [3.05, 3.63) is 72.1 Å². The van der Waals surface area contributed by atoms with E-state index < -0.39 is 0 Å². The second-order valence-electron chi connectivity index (χ2n) is 5.57. The summed E-state index contributed by atoms with van der Waals surface area (Å²) >= 11 is 0. The zero-order valence-corrected chi connectivity index (χ0v) is 11.9. The van der Waals surface area contributed by atoms with E-state index in [0.29, 0.717) is 0 Å². The molecule has 2 heteroatoms. The summed E-state index contributed by atoms with van der Waals surface area (Å²) in [6.07, 6.45) is 7.46. The summed E-state index contributed by atoms with van der Waals surface area (Å²) in [5.41, 5.74) is 5.35. The Labute approximate surface area is 123 Å². The van der Waals surface area contributed by atoms with Gasteiger partial charge in [0.1, 0.15) is 0 Å². The number of H-pyrrole nitrogens is 2. The first-order chi connectivity index (χ1) is 10.4. The van der Waals surface area contributed by atoms with Gasteiger partial charge in [-0.3, -0.25) is 0 Å². The van der Waals surface area contributed by atoms with Crippen LogP contribution in [0.1, 0.15) is 17.5 Å². The molecule has 2 heterocycles. The molecule has 0 aliphatic carbocycles. The Bertz CT molecular complexity index is 809. The monoisotopic (exact) mass is 274 g/mol. The maximum atomic E-state index is 3.28. The number of hydrogen-bond acceptors (Lipinski definition) is 0. The molecule has 0 saturated carbocycles. The van der Waals surface area contributed by atoms with Crippen LogP contribution >= 0.6 is 0 Å². The van der Waals surface area contributed by atoms with Crippen LogP contribution in [0.4, 0.5) is 0 Å². The third kappa shape index (κ3) is 2.23. The van der Waals surface area contributed by atoms with E-state index in [0.717, 1.165) is 12.8 Å². The van der Waals surface area contributed by atoms with Gasteiger partial charge in [0, 0.05) is 34.2 Å². The fourth-order valence-electron chi connectivity index (χ4n) is 3.21. The van der Waals surface area contributed by atoms with Crippen LogP contribution in [0.2, 0.25) is 0 Å². The Morgan fingerprint density at radius 3 is 1.67 bits per heavy atom. The maximum absolute atomic E-state index is 3.28. The summed E-state index contributed by atoms with van der Waals surface area (Å²) in [7, 11) is 0. The third-order valence-corrected chi connectivity index (χ3v) is 4.26. The van der Waals surface area contributed by atoms with Gasteiger partial charge in [0.15, 0.2) is 0 Å². The van der Waals surface area contributed by atoms with Crippen molar-refractivity contribution in [2.75, 3.05) is 0 Å². The van der Waals surface area contributed by atoms with E-state index in [-0.39, 0.29) is 0 Å². The van der Waals surface area contributed by atoms with E-state index in [1.54, 1.807) is 0 Å². The van der Waals surface area contributed by atoms with Crippen molar-refractivity contribution in [1.82, 2.24) is 9.97 Å². The summed E-state index contributed by atoms with van der Waals surface area (Å²) < 4.78 is 0. The SMILES string of the molecule is c1cc(CCCc2cccc3[nH]ccc23)c2cc[nH]c2c1. The maximum Gasteiger partial charge on any atom is 0.0456 e. The van der Waals surface area contributed by atoms with Gasteiger partial charge in [-0.2, -0.15) is 0 Å². The topological polar surface area (TPSA) is 31.6 Å². The molecule has 2 N–H and O–H groups in total. The standard InChI is InChI=1S/C19H18N2/c1(4-14-6-2-8-18-16(14)10-12-20-18)5-15-7-3-9-19-17(15)11-13-21-19/h2-3,6-13,20-21H,1,4-5H2. The van der Waals surface area contributed by atoms with Crippen LogP contribution in [0.3, 0.4) is 0 Å². The molecule has 0 spiro atoms. The zero-order chi connectivity index (χ0) is 14.1. The Balaban J connectivity index is 1.53. The van der Waals surface area contributed by atoms with Crippen LogP contribution in [-0.2, 0) is 12.8 Å². The minimum atomic E-state index is 1.12. The highest BCUT2D eigenvalue weighted by Gasteiger charge is 2.04. The second kappa shape index (κ2) is 5.13. The third-order valence-electron chi connectivity index (χ3n) is 4.26. The number of hydrogen-bond donors (Lipinski definition) is 2. The van der Waals surface area contributed by atoms with Crippen LogP contribution in [-0.4, -0.2) is 9.97 Å². The lowest BCUT2D eigenvalue weighted by atomic mass is 10.00. The summed E-state index contributed by atoms with van der Waals surface area (Å²) in [5.74, 6) is 0. The van der Waals surface area contributed by atoms with Crippen LogP contribution < -0.4 is 0 Å². The van der Waals surface area contributed by atoms with Gasteiger partial charge in [-0.15, -0.1) is 0 Å². The lowest BCUT2D eigenvalue weighted by Crippen LogP contribution is -1.91. The van der Waals surface area contributed by atoms with E-state index in [9.17, 15) is 0 Å². The van der Waals surface area contributed by atoms with Gasteiger partial charge >= 0.3 is 0 Å². The van der Waals surface area contributed by atoms with Gasteiger partial charge < -0.3 is 9.97 Å². The first-order valence-corrected chi connectivity index (χ1v) is 7.52. The van der Waals surface area contributed by atoms with Gasteiger partial charge in [-0.05, 0) is 54.7 Å². The van der Waals surface area contributed by atoms with Crippen LogP contribution in [0.25, 0.3) is 21.8 Å². The molecule has 2 nitrogen and oxygen atoms in total. The molecular formula is C19H18N2. The fourth-order valence-corrected chi connectivity index (χ4v) is 3.21. The van der Waals surface area contributed by atoms with Crippen molar-refractivity contribution in [2.45, 2.75) is 19.3 Å². The lowest BCUT2D eigenvalue weighted by molar-refractivity contribution is 0.830. The molecule has 0 radical (unpaired) electrons. The molecule has 0 saturated heterocycles. The molecular weight excluding hydrogens is 256 g/mol. The van der Waals surface area contributed by atoms with Crippen molar-refractivity contribution in [3.63, 3.8) is 0 Å². The molecule has 0 aliphatic heterocycles. The van der Waals surface area contributed by atoms with Gasteiger partial charge in [0.2, 0.25) is 0 Å². The van der Waals surface area contributed by atoms with Crippen molar-refractivity contribution < 1.29 is 0 Å². The molecule has 0 atom stereocenters. The molecule has 2 aromatic carbocycles. The van der Waals surface area contributed by atoms with Gasteiger partial charge in [-0.1, -0.05) is 24.3 Å². The Morgan fingerprint density at radius 1 is 0.619 bits per heavy atom. The van der Waals surface area contributed by atoms with E-state index in [1.165, 1.54) is 39.4 Å². The second-order valence-corrected chi connectivity index (χ2v) is 5.57. The highest BCUT2D eigenvalue weighted by molar-refractivity contribution is 5.83. The molecule has 0 aliphatic rings. The van der Waals surface area contributed by atoms with Crippen molar-refractivity contribution in [3.8, 4) is 0 Å². The average molecular weight is 274 g/mol. The van der Waals surface area contributed by atoms with Crippen LogP contribution in [0.15, 0.2) is 60.9 Å². The number of aromatic amines is 2. The van der Waals surface area contributed by atoms with E-state index in [2.05, 4.69) is 58.5 Å². The number of nitrogens with one attached hydrogen (secondary N) is 2. The van der Waals surface area contributed by atoms with Crippen molar-refractivity contribution in [1.29, 1.82) is 0 Å². The minimum Gasteiger partial charge on any atom is -0.361 e. The number of benzene rings is 2. The summed E-state index contributed by atoms with van der Waals surface area (Å²) in [6, 6.07) is 17.4. The number of aromatic nitrogens is 2. The minimum absolute atomic E-state index is 1.12. The van der Waals surface area contributed by atoms with E-state index in [4.69, 9.17) is 0 Å². The summed E-state index contributed by atoms with van der Waals surface area (Å²) in [6.45, 7) is 0. The summed E-state index contributed by atoms with van der Waals surface area (Å²) in [4.78, 5) is 6.57. The zero-order valence-electron chi connectivity index (χ0n) is 11.9. The summed E-state index contributed by atoms with van der Waals surface area (Å²) in [5, 5.41) is 2.72. The Kier molecular flexibility index (Phi) is 3.00. The molecule has 2 aromatic heterocycles. The first kappa shape index (κ1) is 12.3. The molecule has 0 bridgehead atoms. The quantitative estimate of drug-likeness (QED) is 0.534. The van der Waals surface area contributed by atoms with Gasteiger partial charge in [0.25, 0.3) is 0 Å². The highest BCUT2D eigenvalue weighted by Crippen LogP contribution is 2.22. The van der Waals surface area contributed by atoms with Crippen molar-refractivity contribution >= 4 is 21.8 Å². The molecule has 0 fully saturated rings. The predicted octanol–water partition coefficient (Wildman–Crippen LogP) is 4.82. The lowest BCUT2D eigenvalue weighted by Gasteiger charge is -2.05. The number of aryl methyl sites for hydroxylation is 2. The highest BCUT2D eigenvalue weighted by atomic mass is 14.7. The smallest absolute Gasteiger partial charge is 0.0456 e. The van der Waals surface area contributed by atoms with Crippen LogP contribution in [0, 0.1) is 0 Å². The largest absolute Gasteiger partial charge is 0.361 e. The average Bonchev–Trinajstić information content (AvgIpc) is 3.16. The molecule has 21 heavy (non-hydrogen) atoms. The Hall–Kier alpha value is -2.48. The van der Waals surface area contributed by atoms with Gasteiger partial charge in [-0.25, -0.2) is 0 Å². The van der Waals surface area contributed by atoms with Crippen LogP contribution in [0.5, 0.6) is 0 Å². The van der Waals surface area contributed by atoms with E-state index >= 15 is 0 Å². The number of fused-ring (bicyclic) bond motifs is 2. The first-order valence-electron chi connectivity index (χ1n) is 7.52. The molecule has 0 amide bonds. The molecule has 104 valence electrons. The molecule has 4 rings (SSSR count). The normalized spacial score (nSPS) is 11.4. The fraction of sp³-hybridized carbons (Fsp3) is 0.158.